The number of aromatic nitrogens is 2. The Hall–Kier alpha value is -2.45. The Morgan fingerprint density at radius 1 is 1.12 bits per heavy atom. The average Bonchev–Trinajstić information content (AvgIpc) is 3.00. The van der Waals surface area contributed by atoms with Crippen LogP contribution in [-0.2, 0) is 4.79 Å². The van der Waals surface area contributed by atoms with E-state index in [0.717, 1.165) is 5.56 Å². The lowest BCUT2D eigenvalue weighted by atomic mass is 10.1. The molecule has 1 atom stereocenters. The lowest BCUT2D eigenvalue weighted by Gasteiger charge is -2.15. The van der Waals surface area contributed by atoms with Crippen molar-refractivity contribution in [3.05, 3.63) is 66.0 Å². The van der Waals surface area contributed by atoms with Crippen molar-refractivity contribution >= 4 is 39.8 Å². The number of rotatable bonds is 5. The van der Waals surface area contributed by atoms with Crippen LogP contribution in [0, 0.1) is 5.82 Å². The third-order valence-electron chi connectivity index (χ3n) is 3.09. The van der Waals surface area contributed by atoms with Gasteiger partial charge >= 0.3 is 0 Å². The highest BCUT2D eigenvalue weighted by atomic mass is 32.2. The number of nitrogens with two attached hydrogens (primary N) is 1. The summed E-state index contributed by atoms with van der Waals surface area (Å²) in [5.41, 5.74) is 6.96. The molecule has 0 unspecified atom stereocenters. The van der Waals surface area contributed by atoms with Crippen LogP contribution in [0.5, 0.6) is 0 Å². The molecule has 0 saturated carbocycles. The summed E-state index contributed by atoms with van der Waals surface area (Å²) in [6.07, 6.45) is 0. The quantitative estimate of drug-likeness (QED) is 0.678. The molecule has 0 aliphatic heterocycles. The fourth-order valence-electron chi connectivity index (χ4n) is 2.01. The molecular weight excluding hydrogens is 347 g/mol. The molecule has 0 spiro atoms. The molecule has 2 aromatic carbocycles. The maximum Gasteiger partial charge on any atom is 0.242 e. The van der Waals surface area contributed by atoms with Gasteiger partial charge < -0.3 is 11.1 Å². The topological polar surface area (TPSA) is 80.9 Å². The van der Waals surface area contributed by atoms with Gasteiger partial charge in [-0.3, -0.25) is 4.79 Å². The van der Waals surface area contributed by atoms with E-state index in [1.54, 1.807) is 0 Å². The molecule has 24 heavy (non-hydrogen) atoms. The summed E-state index contributed by atoms with van der Waals surface area (Å²) in [5, 5.41) is 10.3. The summed E-state index contributed by atoms with van der Waals surface area (Å²) >= 11 is 2.50. The number of thioether (sulfide) groups is 1. The Kier molecular flexibility index (Phi) is 5.07. The lowest BCUT2D eigenvalue weighted by molar-refractivity contribution is -0.115. The molecule has 1 heterocycles. The molecule has 0 saturated heterocycles. The highest BCUT2D eigenvalue weighted by molar-refractivity contribution is 8.02. The number of hydrogen-bond acceptors (Lipinski definition) is 6. The molecule has 122 valence electrons. The van der Waals surface area contributed by atoms with Crippen LogP contribution in [0.3, 0.4) is 0 Å². The van der Waals surface area contributed by atoms with Crippen LogP contribution in [0.1, 0.15) is 10.8 Å². The minimum Gasteiger partial charge on any atom is -0.374 e. The number of nitrogens with zero attached hydrogens (tertiary/aromatic N) is 2. The second-order valence-corrected chi connectivity index (χ2v) is 7.17. The van der Waals surface area contributed by atoms with Gasteiger partial charge in [-0.2, -0.15) is 0 Å². The SMILES string of the molecule is Nc1nnc(S[C@H](C(=O)Nc2ccc(F)cc2)c2ccccc2)s1. The van der Waals surface area contributed by atoms with Crippen LogP contribution in [0.4, 0.5) is 15.2 Å². The van der Waals surface area contributed by atoms with Crippen molar-refractivity contribution in [2.24, 2.45) is 0 Å². The van der Waals surface area contributed by atoms with Crippen molar-refractivity contribution in [1.82, 2.24) is 10.2 Å². The van der Waals surface area contributed by atoms with E-state index in [9.17, 15) is 9.18 Å². The second kappa shape index (κ2) is 7.41. The van der Waals surface area contributed by atoms with E-state index >= 15 is 0 Å². The van der Waals surface area contributed by atoms with Crippen molar-refractivity contribution in [3.8, 4) is 0 Å². The van der Waals surface area contributed by atoms with Crippen LogP contribution >= 0.6 is 23.1 Å². The molecule has 0 aliphatic rings. The van der Waals surface area contributed by atoms with Gasteiger partial charge in [0.25, 0.3) is 0 Å². The monoisotopic (exact) mass is 360 g/mol. The first kappa shape index (κ1) is 16.4. The van der Waals surface area contributed by atoms with Gasteiger partial charge in [0.05, 0.1) is 0 Å². The normalized spacial score (nSPS) is 11.9. The zero-order valence-corrected chi connectivity index (χ0v) is 14.0. The van der Waals surface area contributed by atoms with Gasteiger partial charge in [0, 0.05) is 5.69 Å². The van der Waals surface area contributed by atoms with Gasteiger partial charge in [0.2, 0.25) is 11.0 Å². The number of nitrogen functional groups attached to an aromatic ring is 1. The maximum absolute atomic E-state index is 13.0. The fourth-order valence-corrected chi connectivity index (χ4v) is 3.84. The number of hydrogen-bond donors (Lipinski definition) is 2. The standard InChI is InChI=1S/C16H13FN4OS2/c17-11-6-8-12(9-7-11)19-14(22)13(10-4-2-1-3-5-10)23-16-21-20-15(18)24-16/h1-9,13H,(H2,18,20)(H,19,22)/t13-/m0/s1. The maximum atomic E-state index is 13.0. The predicted octanol–water partition coefficient (Wildman–Crippen LogP) is 3.73. The number of nitrogens with one attached hydrogen (secondary N) is 1. The molecule has 0 bridgehead atoms. The van der Waals surface area contributed by atoms with Gasteiger partial charge in [0.1, 0.15) is 11.1 Å². The van der Waals surface area contributed by atoms with E-state index in [4.69, 9.17) is 5.73 Å². The highest BCUT2D eigenvalue weighted by Crippen LogP contribution is 2.38. The zero-order valence-electron chi connectivity index (χ0n) is 12.3. The van der Waals surface area contributed by atoms with E-state index < -0.39 is 5.25 Å². The number of anilines is 2. The van der Waals surface area contributed by atoms with Crippen LogP contribution in [-0.4, -0.2) is 16.1 Å². The smallest absolute Gasteiger partial charge is 0.242 e. The lowest BCUT2D eigenvalue weighted by Crippen LogP contribution is -2.19. The van der Waals surface area contributed by atoms with Gasteiger partial charge in [-0.25, -0.2) is 4.39 Å². The summed E-state index contributed by atoms with van der Waals surface area (Å²) in [5.74, 6) is -0.585. The molecular formula is C16H13FN4OS2. The molecule has 1 amide bonds. The predicted molar refractivity (Wildman–Crippen MR) is 94.4 cm³/mol. The number of carbonyl (C=O) groups is 1. The second-order valence-electron chi connectivity index (χ2n) is 4.81. The third-order valence-corrected chi connectivity index (χ3v) is 5.18. The molecule has 3 N–H and O–H groups in total. The number of amides is 1. The van der Waals surface area contributed by atoms with Crippen molar-refractivity contribution in [3.63, 3.8) is 0 Å². The number of benzene rings is 2. The molecule has 0 fully saturated rings. The van der Waals surface area contributed by atoms with Gasteiger partial charge in [-0.15, -0.1) is 10.2 Å². The Bertz CT molecular complexity index is 824. The summed E-state index contributed by atoms with van der Waals surface area (Å²) in [6, 6.07) is 15.0. The highest BCUT2D eigenvalue weighted by Gasteiger charge is 2.24. The Morgan fingerprint density at radius 3 is 2.46 bits per heavy atom. The minimum absolute atomic E-state index is 0.230. The molecule has 3 aromatic rings. The molecule has 3 rings (SSSR count). The van der Waals surface area contributed by atoms with Crippen LogP contribution in [0.25, 0.3) is 0 Å². The molecule has 1 aromatic heterocycles. The van der Waals surface area contributed by atoms with E-state index in [2.05, 4.69) is 15.5 Å². The van der Waals surface area contributed by atoms with Crippen molar-refractivity contribution < 1.29 is 9.18 Å². The van der Waals surface area contributed by atoms with Crippen LogP contribution < -0.4 is 11.1 Å². The van der Waals surface area contributed by atoms with Crippen LogP contribution in [0.15, 0.2) is 58.9 Å². The number of halogens is 1. The van der Waals surface area contributed by atoms with E-state index in [1.165, 1.54) is 47.4 Å². The first-order chi connectivity index (χ1) is 11.6. The van der Waals surface area contributed by atoms with Crippen molar-refractivity contribution in [2.75, 3.05) is 11.1 Å². The van der Waals surface area contributed by atoms with Crippen molar-refractivity contribution in [2.45, 2.75) is 9.59 Å². The molecule has 0 radical (unpaired) electrons. The van der Waals surface area contributed by atoms with Crippen LogP contribution in [0.2, 0.25) is 0 Å². The Labute approximate surface area is 146 Å². The summed E-state index contributed by atoms with van der Waals surface area (Å²) in [7, 11) is 0. The van der Waals surface area contributed by atoms with Gasteiger partial charge in [-0.05, 0) is 29.8 Å². The summed E-state index contributed by atoms with van der Waals surface area (Å²) in [4.78, 5) is 12.7. The molecule has 8 heteroatoms. The minimum atomic E-state index is -0.524. The Balaban J connectivity index is 1.83. The molecule has 5 nitrogen and oxygen atoms in total. The van der Waals surface area contributed by atoms with E-state index in [0.29, 0.717) is 15.2 Å². The van der Waals surface area contributed by atoms with E-state index in [-0.39, 0.29) is 11.7 Å². The third kappa shape index (κ3) is 4.09. The zero-order chi connectivity index (χ0) is 16.9. The summed E-state index contributed by atoms with van der Waals surface area (Å²) < 4.78 is 13.6. The van der Waals surface area contributed by atoms with Gasteiger partial charge in [0.15, 0.2) is 4.34 Å². The largest absolute Gasteiger partial charge is 0.374 e. The average molecular weight is 360 g/mol. The fraction of sp³-hybridized carbons (Fsp3) is 0.0625. The number of carbonyl (C=O) groups excluding carboxylic acids is 1. The first-order valence-corrected chi connectivity index (χ1v) is 8.68. The molecule has 0 aliphatic carbocycles. The summed E-state index contributed by atoms with van der Waals surface area (Å²) in [6.45, 7) is 0. The van der Waals surface area contributed by atoms with E-state index in [1.807, 2.05) is 30.3 Å². The Morgan fingerprint density at radius 2 is 1.83 bits per heavy atom. The first-order valence-electron chi connectivity index (χ1n) is 6.99. The van der Waals surface area contributed by atoms with Gasteiger partial charge in [-0.1, -0.05) is 53.4 Å². The van der Waals surface area contributed by atoms with Crippen molar-refractivity contribution in [1.29, 1.82) is 0 Å².